The van der Waals surface area contributed by atoms with Gasteiger partial charge in [-0.05, 0) is 34.0 Å². The van der Waals surface area contributed by atoms with Crippen LogP contribution in [0.3, 0.4) is 0 Å². The summed E-state index contributed by atoms with van der Waals surface area (Å²) in [6.45, 7) is 1.34. The number of aromatic nitrogens is 1. The highest BCUT2D eigenvalue weighted by Crippen LogP contribution is 2.20. The van der Waals surface area contributed by atoms with E-state index in [2.05, 4.69) is 47.4 Å². The number of thiophene rings is 1. The van der Waals surface area contributed by atoms with Gasteiger partial charge in [-0.3, -0.25) is 0 Å². The van der Waals surface area contributed by atoms with Crippen molar-refractivity contribution in [2.45, 2.75) is 12.6 Å². The molecular weight excluding hydrogens is 268 g/mol. The molecule has 0 saturated heterocycles. The second kappa shape index (κ2) is 5.79. The third-order valence-corrected chi connectivity index (χ3v) is 4.26. The molecule has 0 saturated carbocycles. The fraction of sp³-hybridized carbons (Fsp3) is 0.250. The molecule has 104 valence electrons. The van der Waals surface area contributed by atoms with Crippen LogP contribution in [0.15, 0.2) is 47.3 Å². The van der Waals surface area contributed by atoms with Gasteiger partial charge in [0.15, 0.2) is 0 Å². The molecular formula is C16H18N2OS. The summed E-state index contributed by atoms with van der Waals surface area (Å²) >= 11 is 1.61. The number of aliphatic hydroxyl groups is 1. The lowest BCUT2D eigenvalue weighted by atomic mass is 10.1. The maximum absolute atomic E-state index is 10.0. The van der Waals surface area contributed by atoms with Crippen LogP contribution >= 0.6 is 11.3 Å². The van der Waals surface area contributed by atoms with Crippen molar-refractivity contribution in [2.24, 2.45) is 7.05 Å². The molecule has 2 aromatic heterocycles. The Morgan fingerprint density at radius 2 is 2.15 bits per heavy atom. The van der Waals surface area contributed by atoms with Gasteiger partial charge in [0.2, 0.25) is 0 Å². The first kappa shape index (κ1) is 13.4. The number of aliphatic hydroxyl groups excluding tert-OH is 1. The van der Waals surface area contributed by atoms with E-state index in [1.807, 2.05) is 16.8 Å². The molecule has 0 aliphatic carbocycles. The lowest BCUT2D eigenvalue weighted by Crippen LogP contribution is -2.20. The Bertz CT molecular complexity index is 688. The molecule has 3 nitrogen and oxygen atoms in total. The van der Waals surface area contributed by atoms with Crippen LogP contribution in [0.1, 0.15) is 17.2 Å². The first-order chi connectivity index (χ1) is 9.75. The van der Waals surface area contributed by atoms with E-state index in [4.69, 9.17) is 0 Å². The summed E-state index contributed by atoms with van der Waals surface area (Å²) in [4.78, 5) is 0. The number of rotatable bonds is 5. The van der Waals surface area contributed by atoms with Crippen LogP contribution in [0, 0.1) is 0 Å². The van der Waals surface area contributed by atoms with Crippen molar-refractivity contribution >= 4 is 22.2 Å². The normalized spacial score (nSPS) is 12.9. The Morgan fingerprint density at radius 1 is 1.30 bits per heavy atom. The molecule has 2 N–H and O–H groups in total. The zero-order chi connectivity index (χ0) is 13.9. The van der Waals surface area contributed by atoms with Gasteiger partial charge < -0.3 is 15.0 Å². The van der Waals surface area contributed by atoms with Crippen LogP contribution in [0.4, 0.5) is 0 Å². The molecule has 20 heavy (non-hydrogen) atoms. The van der Waals surface area contributed by atoms with Crippen LogP contribution in [-0.2, 0) is 13.6 Å². The second-order valence-electron chi connectivity index (χ2n) is 4.99. The third-order valence-electron chi connectivity index (χ3n) is 3.56. The van der Waals surface area contributed by atoms with Crippen molar-refractivity contribution < 1.29 is 5.11 Å². The van der Waals surface area contributed by atoms with Gasteiger partial charge >= 0.3 is 0 Å². The van der Waals surface area contributed by atoms with E-state index in [0.29, 0.717) is 6.54 Å². The van der Waals surface area contributed by atoms with E-state index in [9.17, 15) is 5.11 Å². The van der Waals surface area contributed by atoms with Crippen molar-refractivity contribution in [1.29, 1.82) is 0 Å². The molecule has 0 fully saturated rings. The molecule has 3 rings (SSSR count). The fourth-order valence-corrected chi connectivity index (χ4v) is 3.20. The van der Waals surface area contributed by atoms with Crippen molar-refractivity contribution in [3.05, 3.63) is 58.4 Å². The van der Waals surface area contributed by atoms with Gasteiger partial charge in [0.25, 0.3) is 0 Å². The second-order valence-corrected chi connectivity index (χ2v) is 5.77. The Balaban J connectivity index is 1.66. The van der Waals surface area contributed by atoms with E-state index in [1.54, 1.807) is 11.3 Å². The summed E-state index contributed by atoms with van der Waals surface area (Å²) < 4.78 is 2.14. The molecule has 4 heteroatoms. The number of hydrogen-bond donors (Lipinski definition) is 2. The molecule has 0 aliphatic heterocycles. The number of nitrogens with zero attached hydrogens (tertiary/aromatic N) is 1. The molecule has 0 amide bonds. The van der Waals surface area contributed by atoms with Gasteiger partial charge in [0.05, 0.1) is 6.10 Å². The predicted octanol–water partition coefficient (Wildman–Crippen LogP) is 3.06. The highest BCUT2D eigenvalue weighted by atomic mass is 32.1. The molecule has 0 aliphatic rings. The predicted molar refractivity (Wildman–Crippen MR) is 83.9 cm³/mol. The lowest BCUT2D eigenvalue weighted by molar-refractivity contribution is 0.175. The first-order valence-electron chi connectivity index (χ1n) is 6.69. The largest absolute Gasteiger partial charge is 0.387 e. The smallest absolute Gasteiger partial charge is 0.0922 e. The molecule has 0 bridgehead atoms. The van der Waals surface area contributed by atoms with Gasteiger partial charge in [0.1, 0.15) is 0 Å². The summed E-state index contributed by atoms with van der Waals surface area (Å²) in [5, 5.41) is 18.6. The number of hydrogen-bond acceptors (Lipinski definition) is 3. The summed E-state index contributed by atoms with van der Waals surface area (Å²) in [7, 11) is 2.06. The highest BCUT2D eigenvalue weighted by Gasteiger charge is 2.09. The fourth-order valence-electron chi connectivity index (χ4n) is 2.49. The van der Waals surface area contributed by atoms with Crippen molar-refractivity contribution in [1.82, 2.24) is 9.88 Å². The van der Waals surface area contributed by atoms with Gasteiger partial charge in [-0.25, -0.2) is 0 Å². The minimum atomic E-state index is -0.434. The quantitative estimate of drug-likeness (QED) is 0.756. The molecule has 2 heterocycles. The SMILES string of the molecule is Cn1cc(CNCC(O)c2ccsc2)c2ccccc21. The maximum atomic E-state index is 10.0. The van der Waals surface area contributed by atoms with Crippen LogP contribution in [-0.4, -0.2) is 16.2 Å². The zero-order valence-electron chi connectivity index (χ0n) is 11.4. The number of para-hydroxylation sites is 1. The first-order valence-corrected chi connectivity index (χ1v) is 7.64. The van der Waals surface area contributed by atoms with Crippen LogP contribution in [0.2, 0.25) is 0 Å². The summed E-state index contributed by atoms with van der Waals surface area (Å²) in [5.41, 5.74) is 3.49. The molecule has 3 aromatic rings. The van der Waals surface area contributed by atoms with Gasteiger partial charge in [-0.15, -0.1) is 0 Å². The number of nitrogens with one attached hydrogen (secondary N) is 1. The average Bonchev–Trinajstić information content (AvgIpc) is 3.09. The van der Waals surface area contributed by atoms with E-state index in [0.717, 1.165) is 12.1 Å². The number of aryl methyl sites for hydroxylation is 1. The Morgan fingerprint density at radius 3 is 2.95 bits per heavy atom. The van der Waals surface area contributed by atoms with Gasteiger partial charge in [-0.2, -0.15) is 11.3 Å². The Labute approximate surface area is 122 Å². The van der Waals surface area contributed by atoms with E-state index in [-0.39, 0.29) is 0 Å². The summed E-state index contributed by atoms with van der Waals surface area (Å²) in [6.07, 6.45) is 1.71. The molecule has 1 aromatic carbocycles. The van der Waals surface area contributed by atoms with Crippen molar-refractivity contribution in [3.63, 3.8) is 0 Å². The zero-order valence-corrected chi connectivity index (χ0v) is 12.2. The average molecular weight is 286 g/mol. The number of benzene rings is 1. The van der Waals surface area contributed by atoms with E-state index in [1.165, 1.54) is 16.5 Å². The topological polar surface area (TPSA) is 37.2 Å². The third kappa shape index (κ3) is 2.63. The van der Waals surface area contributed by atoms with Crippen molar-refractivity contribution in [3.8, 4) is 0 Å². The lowest BCUT2D eigenvalue weighted by Gasteiger charge is -2.10. The molecule has 1 atom stereocenters. The standard InChI is InChI=1S/C16H18N2OS/c1-18-10-13(14-4-2-3-5-15(14)18)8-17-9-16(19)12-6-7-20-11-12/h2-7,10-11,16-17,19H,8-9H2,1H3. The Hall–Kier alpha value is -1.62. The molecule has 1 unspecified atom stereocenters. The summed E-state index contributed by atoms with van der Waals surface area (Å²) in [6, 6.07) is 10.3. The van der Waals surface area contributed by atoms with Gasteiger partial charge in [-0.1, -0.05) is 18.2 Å². The van der Waals surface area contributed by atoms with Gasteiger partial charge in [0, 0.05) is 37.2 Å². The van der Waals surface area contributed by atoms with Crippen molar-refractivity contribution in [2.75, 3.05) is 6.54 Å². The van der Waals surface area contributed by atoms with Crippen LogP contribution in [0.25, 0.3) is 10.9 Å². The van der Waals surface area contributed by atoms with E-state index < -0.39 is 6.10 Å². The summed E-state index contributed by atoms with van der Waals surface area (Å²) in [5.74, 6) is 0. The number of fused-ring (bicyclic) bond motifs is 1. The Kier molecular flexibility index (Phi) is 3.87. The monoisotopic (exact) mass is 286 g/mol. The van der Waals surface area contributed by atoms with Crippen LogP contribution < -0.4 is 5.32 Å². The molecule has 0 radical (unpaired) electrons. The minimum Gasteiger partial charge on any atom is -0.387 e. The van der Waals surface area contributed by atoms with E-state index >= 15 is 0 Å². The van der Waals surface area contributed by atoms with Crippen LogP contribution in [0.5, 0.6) is 0 Å². The molecule has 0 spiro atoms. The minimum absolute atomic E-state index is 0.434. The maximum Gasteiger partial charge on any atom is 0.0922 e. The highest BCUT2D eigenvalue weighted by molar-refractivity contribution is 7.07.